The largest absolute Gasteiger partial charge is 0.256 e. The molecule has 0 amide bonds. The third kappa shape index (κ3) is 3.62. The molecule has 0 aromatic heterocycles. The predicted octanol–water partition coefficient (Wildman–Crippen LogP) is 5.98. The van der Waals surface area contributed by atoms with E-state index >= 15 is 0 Å². The van der Waals surface area contributed by atoms with E-state index in [9.17, 15) is 0 Å². The van der Waals surface area contributed by atoms with Crippen molar-refractivity contribution in [3.8, 4) is 11.1 Å². The lowest BCUT2D eigenvalue weighted by molar-refractivity contribution is 1.37. The number of aryl methyl sites for hydroxylation is 2. The van der Waals surface area contributed by atoms with E-state index < -0.39 is 0 Å². The molecule has 0 aliphatic rings. The molecular weight excluding hydrogens is 266 g/mol. The van der Waals surface area contributed by atoms with E-state index in [1.807, 2.05) is 26.1 Å². The first-order valence-corrected chi connectivity index (χ1v) is 7.56. The maximum Gasteiger partial charge on any atom is 0.0662 e. The molecule has 0 fully saturated rings. The molecule has 1 heteroatoms. The molecule has 1 nitrogen and oxygen atoms in total. The van der Waals surface area contributed by atoms with Crippen LogP contribution in [0.25, 0.3) is 16.8 Å². The van der Waals surface area contributed by atoms with Crippen molar-refractivity contribution in [2.24, 2.45) is 4.99 Å². The van der Waals surface area contributed by atoms with Gasteiger partial charge in [0, 0.05) is 11.8 Å². The molecule has 0 bridgehead atoms. The highest BCUT2D eigenvalue weighted by atomic mass is 14.7. The second-order valence-corrected chi connectivity index (χ2v) is 5.62. The van der Waals surface area contributed by atoms with Gasteiger partial charge in [0.1, 0.15) is 0 Å². The van der Waals surface area contributed by atoms with Crippen LogP contribution in [0.15, 0.2) is 65.7 Å². The molecule has 0 N–H and O–H groups in total. The molecule has 112 valence electrons. The number of hydrogen-bond donors (Lipinski definition) is 0. The van der Waals surface area contributed by atoms with Gasteiger partial charge in [-0.25, -0.2) is 0 Å². The smallest absolute Gasteiger partial charge is 0.0662 e. The summed E-state index contributed by atoms with van der Waals surface area (Å²) in [6, 6.07) is 15.0. The Labute approximate surface area is 133 Å². The van der Waals surface area contributed by atoms with E-state index in [0.717, 1.165) is 16.8 Å². The zero-order valence-corrected chi connectivity index (χ0v) is 13.9. The van der Waals surface area contributed by atoms with Crippen LogP contribution < -0.4 is 0 Å². The van der Waals surface area contributed by atoms with Crippen LogP contribution in [0.2, 0.25) is 0 Å². The van der Waals surface area contributed by atoms with Crippen molar-refractivity contribution in [3.63, 3.8) is 0 Å². The van der Waals surface area contributed by atoms with E-state index in [1.165, 1.54) is 22.3 Å². The fraction of sp³-hybridized carbons (Fsp3) is 0.190. The molecule has 2 aromatic rings. The highest BCUT2D eigenvalue weighted by Crippen LogP contribution is 2.28. The van der Waals surface area contributed by atoms with Crippen LogP contribution in [0.4, 0.5) is 0 Å². The van der Waals surface area contributed by atoms with E-state index in [-0.39, 0.29) is 0 Å². The van der Waals surface area contributed by atoms with Crippen molar-refractivity contribution >= 4 is 11.9 Å². The van der Waals surface area contributed by atoms with E-state index in [4.69, 9.17) is 0 Å². The quantitative estimate of drug-likeness (QED) is 0.614. The van der Waals surface area contributed by atoms with Crippen LogP contribution in [0.5, 0.6) is 0 Å². The fourth-order valence-electron chi connectivity index (χ4n) is 2.49. The Morgan fingerprint density at radius 3 is 2.36 bits per heavy atom. The number of aliphatic imine (C=N–C) groups is 1. The van der Waals surface area contributed by atoms with E-state index in [2.05, 4.69) is 67.9 Å². The fourth-order valence-corrected chi connectivity index (χ4v) is 2.49. The molecule has 0 heterocycles. The Hall–Kier alpha value is -2.41. The predicted molar refractivity (Wildman–Crippen MR) is 98.3 cm³/mol. The van der Waals surface area contributed by atoms with Crippen LogP contribution >= 0.6 is 0 Å². The summed E-state index contributed by atoms with van der Waals surface area (Å²) in [4.78, 5) is 4.53. The normalized spacial score (nSPS) is 11.9. The lowest BCUT2D eigenvalue weighted by Crippen LogP contribution is -1.90. The van der Waals surface area contributed by atoms with Gasteiger partial charge in [-0.1, -0.05) is 55.1 Å². The summed E-state index contributed by atoms with van der Waals surface area (Å²) in [5.41, 5.74) is 8.15. The second-order valence-electron chi connectivity index (χ2n) is 5.62. The zero-order valence-electron chi connectivity index (χ0n) is 13.9. The van der Waals surface area contributed by atoms with Gasteiger partial charge in [-0.15, -0.1) is 0 Å². The average Bonchev–Trinajstić information content (AvgIpc) is 2.49. The molecule has 2 aromatic carbocycles. The summed E-state index contributed by atoms with van der Waals surface area (Å²) >= 11 is 0. The summed E-state index contributed by atoms with van der Waals surface area (Å²) in [6.07, 6.45) is 3.85. The van der Waals surface area contributed by atoms with Crippen molar-refractivity contribution in [3.05, 3.63) is 77.4 Å². The number of benzene rings is 2. The lowest BCUT2D eigenvalue weighted by Gasteiger charge is -2.11. The molecule has 0 aliphatic carbocycles. The van der Waals surface area contributed by atoms with Gasteiger partial charge in [0.15, 0.2) is 0 Å². The first kappa shape index (κ1) is 16.0. The molecule has 0 atom stereocenters. The molecule has 0 spiro atoms. The second kappa shape index (κ2) is 7.04. The molecule has 0 aliphatic heterocycles. The van der Waals surface area contributed by atoms with Crippen LogP contribution in [-0.4, -0.2) is 6.21 Å². The highest BCUT2D eigenvalue weighted by Gasteiger charge is 2.07. The van der Waals surface area contributed by atoms with Crippen LogP contribution in [0, 0.1) is 13.8 Å². The van der Waals surface area contributed by atoms with Crippen molar-refractivity contribution < 1.29 is 0 Å². The first-order valence-electron chi connectivity index (χ1n) is 7.56. The lowest BCUT2D eigenvalue weighted by atomic mass is 9.96. The number of allylic oxidation sites excluding steroid dienone is 2. The molecule has 0 radical (unpaired) electrons. The summed E-state index contributed by atoms with van der Waals surface area (Å²) < 4.78 is 0. The van der Waals surface area contributed by atoms with E-state index in [1.54, 1.807) is 0 Å². The molecule has 2 rings (SSSR count). The van der Waals surface area contributed by atoms with Gasteiger partial charge in [0.05, 0.1) is 5.70 Å². The third-order valence-electron chi connectivity index (χ3n) is 3.66. The van der Waals surface area contributed by atoms with Gasteiger partial charge in [-0.2, -0.15) is 0 Å². The standard InChI is InChI=1S/C21H23N/c1-6-21(22-14-15(2)3)20-12-11-18(13-17(20)5)19-10-8-7-9-16(19)4/h6-14H,2H2,1,3-5H3/b21-6-,22-14?. The average molecular weight is 289 g/mol. The maximum atomic E-state index is 4.53. The van der Waals surface area contributed by atoms with Gasteiger partial charge in [0.2, 0.25) is 0 Å². The van der Waals surface area contributed by atoms with Gasteiger partial charge < -0.3 is 0 Å². The summed E-state index contributed by atoms with van der Waals surface area (Å²) in [5, 5.41) is 0. The van der Waals surface area contributed by atoms with Gasteiger partial charge in [-0.05, 0) is 55.5 Å². The Kier molecular flexibility index (Phi) is 5.11. The Morgan fingerprint density at radius 1 is 1.05 bits per heavy atom. The van der Waals surface area contributed by atoms with Crippen LogP contribution in [-0.2, 0) is 0 Å². The van der Waals surface area contributed by atoms with Gasteiger partial charge >= 0.3 is 0 Å². The Morgan fingerprint density at radius 2 is 1.77 bits per heavy atom. The number of hydrogen-bond acceptors (Lipinski definition) is 1. The molecular formula is C21H23N. The van der Waals surface area contributed by atoms with Crippen molar-refractivity contribution in [2.45, 2.75) is 27.7 Å². The topological polar surface area (TPSA) is 12.4 Å². The molecule has 0 saturated heterocycles. The summed E-state index contributed by atoms with van der Waals surface area (Å²) in [5.74, 6) is 0. The van der Waals surface area contributed by atoms with E-state index in [0.29, 0.717) is 0 Å². The highest BCUT2D eigenvalue weighted by molar-refractivity contribution is 5.84. The SMILES string of the molecule is C=C(C)C=N/C(=C\C)c1ccc(-c2ccccc2C)cc1C. The number of nitrogens with zero attached hydrogens (tertiary/aromatic N) is 1. The van der Waals surface area contributed by atoms with Gasteiger partial charge in [0.25, 0.3) is 0 Å². The summed E-state index contributed by atoms with van der Waals surface area (Å²) in [7, 11) is 0. The first-order chi connectivity index (χ1) is 10.5. The van der Waals surface area contributed by atoms with Gasteiger partial charge in [-0.3, -0.25) is 4.99 Å². The molecule has 0 saturated carbocycles. The third-order valence-corrected chi connectivity index (χ3v) is 3.66. The van der Waals surface area contributed by atoms with Crippen LogP contribution in [0.3, 0.4) is 0 Å². The Bertz CT molecular complexity index is 748. The minimum atomic E-state index is 0.952. The Balaban J connectivity index is 2.42. The minimum absolute atomic E-state index is 0.952. The monoisotopic (exact) mass is 289 g/mol. The van der Waals surface area contributed by atoms with Crippen molar-refractivity contribution in [1.82, 2.24) is 0 Å². The minimum Gasteiger partial charge on any atom is -0.256 e. The van der Waals surface area contributed by atoms with Crippen molar-refractivity contribution in [2.75, 3.05) is 0 Å². The number of rotatable bonds is 4. The van der Waals surface area contributed by atoms with Crippen LogP contribution in [0.1, 0.15) is 30.5 Å². The summed E-state index contributed by atoms with van der Waals surface area (Å²) in [6.45, 7) is 12.1. The zero-order chi connectivity index (χ0) is 16.1. The van der Waals surface area contributed by atoms with Crippen molar-refractivity contribution in [1.29, 1.82) is 0 Å². The molecule has 0 unspecified atom stereocenters. The maximum absolute atomic E-state index is 4.53. The molecule has 22 heavy (non-hydrogen) atoms.